The molecule has 0 aliphatic heterocycles. The monoisotopic (exact) mass is 273 g/mol. The molecule has 2 atom stereocenters. The first-order valence-corrected chi connectivity index (χ1v) is 5.03. The van der Waals surface area contributed by atoms with Gasteiger partial charge in [-0.15, -0.1) is 0 Å². The van der Waals surface area contributed by atoms with Crippen LogP contribution in [-0.2, 0) is 0 Å². The molecule has 0 bridgehead atoms. The zero-order valence-corrected chi connectivity index (χ0v) is 9.28. The fourth-order valence-electron chi connectivity index (χ4n) is 1.15. The minimum Gasteiger partial charge on any atom is -0.389 e. The fraction of sp³-hybridized carbons (Fsp3) is 0.300. The number of aliphatic hydroxyl groups excluding tert-OH is 2. The summed E-state index contributed by atoms with van der Waals surface area (Å²) in [6.45, 7) is 0. The molecule has 0 spiro atoms. The molecule has 5 heteroatoms. The second-order valence-electron chi connectivity index (χ2n) is 3.04. The van der Waals surface area contributed by atoms with Gasteiger partial charge in [0.25, 0.3) is 0 Å². The highest BCUT2D eigenvalue weighted by Crippen LogP contribution is 2.27. The van der Waals surface area contributed by atoms with Gasteiger partial charge in [0, 0.05) is 4.47 Å². The number of benzene rings is 1. The van der Waals surface area contributed by atoms with E-state index in [4.69, 9.17) is 5.26 Å². The Morgan fingerprint density at radius 3 is 2.67 bits per heavy atom. The van der Waals surface area contributed by atoms with Crippen molar-refractivity contribution in [1.82, 2.24) is 0 Å². The lowest BCUT2D eigenvalue weighted by Gasteiger charge is -2.16. The number of rotatable bonds is 3. The molecule has 0 radical (unpaired) electrons. The van der Waals surface area contributed by atoms with Crippen LogP contribution in [0, 0.1) is 17.1 Å². The highest BCUT2D eigenvalue weighted by Gasteiger charge is 2.20. The standard InChI is InChI=1S/C10H9BrFNO2/c11-8-5-6(12)1-2-7(8)10(15)9(14)3-4-13/h1-2,5,9-10,14-15H,3H2. The van der Waals surface area contributed by atoms with E-state index in [1.54, 1.807) is 6.07 Å². The van der Waals surface area contributed by atoms with E-state index in [2.05, 4.69) is 15.9 Å². The van der Waals surface area contributed by atoms with E-state index in [0.717, 1.165) is 0 Å². The van der Waals surface area contributed by atoms with Gasteiger partial charge in [0.1, 0.15) is 11.9 Å². The van der Waals surface area contributed by atoms with Crippen molar-refractivity contribution in [3.63, 3.8) is 0 Å². The molecule has 3 nitrogen and oxygen atoms in total. The molecule has 0 saturated carbocycles. The van der Waals surface area contributed by atoms with E-state index in [-0.39, 0.29) is 6.42 Å². The quantitative estimate of drug-likeness (QED) is 0.884. The lowest BCUT2D eigenvalue weighted by molar-refractivity contribution is 0.0211. The summed E-state index contributed by atoms with van der Waals surface area (Å²) in [5.74, 6) is -0.437. The van der Waals surface area contributed by atoms with Crippen molar-refractivity contribution in [3.8, 4) is 6.07 Å². The minimum absolute atomic E-state index is 0.176. The third-order valence-electron chi connectivity index (χ3n) is 1.95. The van der Waals surface area contributed by atoms with Crippen LogP contribution in [0.2, 0.25) is 0 Å². The van der Waals surface area contributed by atoms with Crippen LogP contribution >= 0.6 is 15.9 Å². The summed E-state index contributed by atoms with van der Waals surface area (Å²) >= 11 is 3.07. The molecule has 80 valence electrons. The van der Waals surface area contributed by atoms with E-state index >= 15 is 0 Å². The molecule has 0 aliphatic rings. The number of hydrogen-bond acceptors (Lipinski definition) is 3. The van der Waals surface area contributed by atoms with Crippen molar-refractivity contribution in [3.05, 3.63) is 34.1 Å². The number of nitrogens with zero attached hydrogens (tertiary/aromatic N) is 1. The highest BCUT2D eigenvalue weighted by molar-refractivity contribution is 9.10. The van der Waals surface area contributed by atoms with Crippen LogP contribution in [-0.4, -0.2) is 16.3 Å². The highest BCUT2D eigenvalue weighted by atomic mass is 79.9. The molecule has 1 rings (SSSR count). The lowest BCUT2D eigenvalue weighted by atomic mass is 10.0. The van der Waals surface area contributed by atoms with Crippen molar-refractivity contribution < 1.29 is 14.6 Å². The molecular weight excluding hydrogens is 265 g/mol. The maximum absolute atomic E-state index is 12.7. The Hall–Kier alpha value is -0.960. The van der Waals surface area contributed by atoms with Crippen molar-refractivity contribution in [1.29, 1.82) is 5.26 Å². The third kappa shape index (κ3) is 2.99. The molecule has 2 N–H and O–H groups in total. The molecule has 0 aliphatic carbocycles. The summed E-state index contributed by atoms with van der Waals surface area (Å²) in [7, 11) is 0. The van der Waals surface area contributed by atoms with Crippen LogP contribution in [0.5, 0.6) is 0 Å². The average Bonchev–Trinajstić information content (AvgIpc) is 2.17. The van der Waals surface area contributed by atoms with Gasteiger partial charge in [0.2, 0.25) is 0 Å². The molecule has 0 heterocycles. The molecule has 0 amide bonds. The third-order valence-corrected chi connectivity index (χ3v) is 2.63. The number of nitriles is 1. The predicted octanol–water partition coefficient (Wildman–Crippen LogP) is 1.90. The maximum Gasteiger partial charge on any atom is 0.124 e. The van der Waals surface area contributed by atoms with E-state index in [1.807, 2.05) is 0 Å². The largest absolute Gasteiger partial charge is 0.389 e. The van der Waals surface area contributed by atoms with Crippen molar-refractivity contribution in [2.75, 3.05) is 0 Å². The Morgan fingerprint density at radius 2 is 2.13 bits per heavy atom. The first-order chi connectivity index (χ1) is 7.06. The Morgan fingerprint density at radius 1 is 1.47 bits per heavy atom. The Kier molecular flexibility index (Phi) is 4.21. The summed E-state index contributed by atoms with van der Waals surface area (Å²) in [5.41, 5.74) is 0.360. The molecule has 2 unspecified atom stereocenters. The van der Waals surface area contributed by atoms with Gasteiger partial charge < -0.3 is 10.2 Å². The van der Waals surface area contributed by atoms with Crippen LogP contribution < -0.4 is 0 Å². The van der Waals surface area contributed by atoms with Crippen LogP contribution in [0.3, 0.4) is 0 Å². The molecule has 0 saturated heterocycles. The molecule has 1 aromatic carbocycles. The van der Waals surface area contributed by atoms with Gasteiger partial charge in [-0.3, -0.25) is 0 Å². The first-order valence-electron chi connectivity index (χ1n) is 4.24. The van der Waals surface area contributed by atoms with Crippen LogP contribution in [0.1, 0.15) is 18.1 Å². The van der Waals surface area contributed by atoms with Crippen molar-refractivity contribution in [2.24, 2.45) is 0 Å². The molecule has 0 fully saturated rings. The van der Waals surface area contributed by atoms with Crippen LogP contribution in [0.25, 0.3) is 0 Å². The Bertz CT molecular complexity index is 391. The second-order valence-corrected chi connectivity index (χ2v) is 3.89. The Labute approximate surface area is 94.9 Å². The maximum atomic E-state index is 12.7. The van der Waals surface area contributed by atoms with E-state index in [1.165, 1.54) is 18.2 Å². The smallest absolute Gasteiger partial charge is 0.124 e. The molecule has 15 heavy (non-hydrogen) atoms. The first kappa shape index (κ1) is 12.1. The van der Waals surface area contributed by atoms with E-state index in [0.29, 0.717) is 10.0 Å². The minimum atomic E-state index is -1.19. The van der Waals surface area contributed by atoms with Gasteiger partial charge in [-0.2, -0.15) is 5.26 Å². The molecule has 1 aromatic rings. The van der Waals surface area contributed by atoms with Crippen molar-refractivity contribution in [2.45, 2.75) is 18.6 Å². The van der Waals surface area contributed by atoms with E-state index in [9.17, 15) is 14.6 Å². The van der Waals surface area contributed by atoms with Gasteiger partial charge in [-0.05, 0) is 17.7 Å². The summed E-state index contributed by atoms with van der Waals surface area (Å²) in [5, 5.41) is 27.4. The molecular formula is C10H9BrFNO2. The van der Waals surface area contributed by atoms with Gasteiger partial charge >= 0.3 is 0 Å². The van der Waals surface area contributed by atoms with Gasteiger partial charge in [-0.1, -0.05) is 22.0 Å². The predicted molar refractivity (Wildman–Crippen MR) is 55.3 cm³/mol. The normalized spacial score (nSPS) is 14.3. The number of halogens is 2. The van der Waals surface area contributed by atoms with Gasteiger partial charge in [0.15, 0.2) is 0 Å². The average molecular weight is 274 g/mol. The summed E-state index contributed by atoms with van der Waals surface area (Å²) in [6, 6.07) is 5.49. The van der Waals surface area contributed by atoms with Crippen LogP contribution in [0.15, 0.2) is 22.7 Å². The second kappa shape index (κ2) is 5.21. The van der Waals surface area contributed by atoms with E-state index < -0.39 is 18.0 Å². The van der Waals surface area contributed by atoms with Crippen LogP contribution in [0.4, 0.5) is 4.39 Å². The summed E-state index contributed by atoms with van der Waals surface area (Å²) in [6.07, 6.45) is -2.54. The fourth-order valence-corrected chi connectivity index (χ4v) is 1.74. The molecule has 0 aromatic heterocycles. The zero-order chi connectivity index (χ0) is 11.4. The number of aliphatic hydroxyl groups is 2. The van der Waals surface area contributed by atoms with Gasteiger partial charge in [0.05, 0.1) is 18.6 Å². The Balaban J connectivity index is 2.91. The van der Waals surface area contributed by atoms with Crippen molar-refractivity contribution >= 4 is 15.9 Å². The number of hydrogen-bond donors (Lipinski definition) is 2. The summed E-state index contributed by atoms with van der Waals surface area (Å²) < 4.78 is 13.1. The topological polar surface area (TPSA) is 64.2 Å². The van der Waals surface area contributed by atoms with Gasteiger partial charge in [-0.25, -0.2) is 4.39 Å². The SMILES string of the molecule is N#CCC(O)C(O)c1ccc(F)cc1Br. The lowest BCUT2D eigenvalue weighted by Crippen LogP contribution is -2.17. The summed E-state index contributed by atoms with van der Waals surface area (Å²) in [4.78, 5) is 0. The zero-order valence-electron chi connectivity index (χ0n) is 7.69.